The number of nitrogens with zero attached hydrogens (tertiary/aromatic N) is 2. The van der Waals surface area contributed by atoms with Crippen LogP contribution >= 0.6 is 11.3 Å². The van der Waals surface area contributed by atoms with E-state index in [4.69, 9.17) is 18.9 Å². The molecule has 0 saturated heterocycles. The predicted molar refractivity (Wildman–Crippen MR) is 117 cm³/mol. The summed E-state index contributed by atoms with van der Waals surface area (Å²) < 4.78 is 21.2. The Morgan fingerprint density at radius 3 is 2.37 bits per heavy atom. The number of aromatic nitrogens is 1. The molecule has 0 unspecified atom stereocenters. The van der Waals surface area contributed by atoms with E-state index in [9.17, 15) is 5.26 Å². The summed E-state index contributed by atoms with van der Waals surface area (Å²) >= 11 is 1.38. The summed E-state index contributed by atoms with van der Waals surface area (Å²) in [5, 5.41) is 15.2. The standard InChI is InChI=1S/C22H21N3O4S/c1-26-16-6-8-19(27-2)17(10-16)24-12-15(11-23)22-25-18(13-30-22)14-5-7-20(28-3)21(9-14)29-4/h5-10,12-13,24H,1-4H3. The largest absolute Gasteiger partial charge is 0.497 e. The number of thiazole rings is 1. The third-order valence-electron chi connectivity index (χ3n) is 4.31. The first-order valence-electron chi connectivity index (χ1n) is 8.90. The lowest BCUT2D eigenvalue weighted by atomic mass is 10.1. The van der Waals surface area contributed by atoms with Crippen molar-refractivity contribution in [2.75, 3.05) is 33.8 Å². The number of benzene rings is 2. The Hall–Kier alpha value is -3.70. The molecular weight excluding hydrogens is 402 g/mol. The number of ether oxygens (including phenoxy) is 4. The molecule has 1 N–H and O–H groups in total. The highest BCUT2D eigenvalue weighted by atomic mass is 32.1. The lowest BCUT2D eigenvalue weighted by Gasteiger charge is -2.10. The molecule has 1 heterocycles. The van der Waals surface area contributed by atoms with Crippen molar-refractivity contribution in [3.05, 3.63) is 53.0 Å². The zero-order chi connectivity index (χ0) is 21.5. The second-order valence-electron chi connectivity index (χ2n) is 5.99. The summed E-state index contributed by atoms with van der Waals surface area (Å²) in [6, 6.07) is 13.2. The van der Waals surface area contributed by atoms with Gasteiger partial charge in [-0.15, -0.1) is 11.3 Å². The first kappa shape index (κ1) is 21.0. The van der Waals surface area contributed by atoms with Crippen molar-refractivity contribution in [2.24, 2.45) is 0 Å². The third-order valence-corrected chi connectivity index (χ3v) is 5.19. The fraction of sp³-hybridized carbons (Fsp3) is 0.182. The number of anilines is 1. The molecule has 1 aromatic heterocycles. The van der Waals surface area contributed by atoms with Gasteiger partial charge in [0.1, 0.15) is 28.1 Å². The lowest BCUT2D eigenvalue weighted by Crippen LogP contribution is -1.96. The van der Waals surface area contributed by atoms with E-state index in [1.807, 2.05) is 23.6 Å². The van der Waals surface area contributed by atoms with Crippen LogP contribution in [0.15, 0.2) is 48.0 Å². The van der Waals surface area contributed by atoms with Crippen molar-refractivity contribution in [1.29, 1.82) is 5.26 Å². The topological polar surface area (TPSA) is 85.6 Å². The molecule has 0 bridgehead atoms. The Balaban J connectivity index is 1.87. The number of hydrogen-bond donors (Lipinski definition) is 1. The molecule has 0 fully saturated rings. The van der Waals surface area contributed by atoms with Gasteiger partial charge in [-0.1, -0.05) is 0 Å². The number of nitrogens with one attached hydrogen (secondary N) is 1. The van der Waals surface area contributed by atoms with Crippen molar-refractivity contribution >= 4 is 22.6 Å². The quantitative estimate of drug-likeness (QED) is 0.520. The van der Waals surface area contributed by atoms with Crippen LogP contribution in [0.1, 0.15) is 5.01 Å². The van der Waals surface area contributed by atoms with Gasteiger partial charge >= 0.3 is 0 Å². The second kappa shape index (κ2) is 9.67. The molecule has 0 aliphatic carbocycles. The highest BCUT2D eigenvalue weighted by molar-refractivity contribution is 7.11. The highest BCUT2D eigenvalue weighted by Crippen LogP contribution is 2.34. The van der Waals surface area contributed by atoms with Gasteiger partial charge in [0.2, 0.25) is 0 Å². The average Bonchev–Trinajstić information content (AvgIpc) is 3.28. The number of allylic oxidation sites excluding steroid dienone is 1. The molecule has 0 aliphatic heterocycles. The number of hydrogen-bond acceptors (Lipinski definition) is 8. The summed E-state index contributed by atoms with van der Waals surface area (Å²) in [6.45, 7) is 0. The molecule has 0 amide bonds. The Kier molecular flexibility index (Phi) is 6.78. The van der Waals surface area contributed by atoms with Gasteiger partial charge in [0, 0.05) is 23.2 Å². The second-order valence-corrected chi connectivity index (χ2v) is 6.85. The molecule has 3 rings (SSSR count). The molecular formula is C22H21N3O4S. The molecule has 0 saturated carbocycles. The van der Waals surface area contributed by atoms with Gasteiger partial charge in [0.05, 0.1) is 39.8 Å². The smallest absolute Gasteiger partial charge is 0.161 e. The summed E-state index contributed by atoms with van der Waals surface area (Å²) in [5.41, 5.74) is 2.70. The number of methoxy groups -OCH3 is 4. The van der Waals surface area contributed by atoms with Crippen molar-refractivity contribution < 1.29 is 18.9 Å². The van der Waals surface area contributed by atoms with E-state index in [1.54, 1.807) is 52.8 Å². The third kappa shape index (κ3) is 4.47. The first-order chi connectivity index (χ1) is 14.6. The minimum absolute atomic E-state index is 0.400. The average molecular weight is 423 g/mol. The molecule has 2 aromatic carbocycles. The minimum atomic E-state index is 0.400. The summed E-state index contributed by atoms with van der Waals surface area (Å²) in [4.78, 5) is 4.61. The van der Waals surface area contributed by atoms with Crippen LogP contribution in [0.3, 0.4) is 0 Å². The molecule has 8 heteroatoms. The van der Waals surface area contributed by atoms with E-state index < -0.39 is 0 Å². The van der Waals surface area contributed by atoms with E-state index >= 15 is 0 Å². The molecule has 7 nitrogen and oxygen atoms in total. The highest BCUT2D eigenvalue weighted by Gasteiger charge is 2.12. The van der Waals surface area contributed by atoms with Crippen LogP contribution in [0.25, 0.3) is 16.8 Å². The molecule has 0 aliphatic rings. The predicted octanol–water partition coefficient (Wildman–Crippen LogP) is 4.82. The van der Waals surface area contributed by atoms with Gasteiger partial charge in [0.15, 0.2) is 11.5 Å². The molecule has 154 valence electrons. The SMILES string of the molecule is COc1ccc(OC)c(NC=C(C#N)c2nc(-c3ccc(OC)c(OC)c3)cs2)c1. The van der Waals surface area contributed by atoms with Gasteiger partial charge in [-0.2, -0.15) is 5.26 Å². The summed E-state index contributed by atoms with van der Waals surface area (Å²) in [5.74, 6) is 2.57. The van der Waals surface area contributed by atoms with Crippen LogP contribution in [0.2, 0.25) is 0 Å². The minimum Gasteiger partial charge on any atom is -0.497 e. The number of rotatable bonds is 8. The van der Waals surface area contributed by atoms with Gasteiger partial charge in [-0.05, 0) is 30.3 Å². The van der Waals surface area contributed by atoms with Crippen molar-refractivity contribution in [1.82, 2.24) is 4.98 Å². The van der Waals surface area contributed by atoms with Crippen LogP contribution in [-0.2, 0) is 0 Å². The van der Waals surface area contributed by atoms with Crippen LogP contribution in [-0.4, -0.2) is 33.4 Å². The van der Waals surface area contributed by atoms with E-state index in [-0.39, 0.29) is 0 Å². The maximum Gasteiger partial charge on any atom is 0.161 e. The molecule has 0 atom stereocenters. The normalized spacial score (nSPS) is 10.8. The fourth-order valence-corrected chi connectivity index (χ4v) is 3.54. The zero-order valence-corrected chi connectivity index (χ0v) is 17.9. The van der Waals surface area contributed by atoms with Crippen molar-refractivity contribution in [3.63, 3.8) is 0 Å². The van der Waals surface area contributed by atoms with Crippen molar-refractivity contribution in [3.8, 4) is 40.3 Å². The molecule has 0 radical (unpaired) electrons. The van der Waals surface area contributed by atoms with Crippen LogP contribution in [0.4, 0.5) is 5.69 Å². The molecule has 30 heavy (non-hydrogen) atoms. The number of nitriles is 1. The summed E-state index contributed by atoms with van der Waals surface area (Å²) in [6.07, 6.45) is 1.61. The van der Waals surface area contributed by atoms with E-state index in [0.29, 0.717) is 39.3 Å². The van der Waals surface area contributed by atoms with Crippen LogP contribution in [0.5, 0.6) is 23.0 Å². The van der Waals surface area contributed by atoms with E-state index in [1.165, 1.54) is 11.3 Å². The summed E-state index contributed by atoms with van der Waals surface area (Å²) in [7, 11) is 6.35. The molecule has 3 aromatic rings. The van der Waals surface area contributed by atoms with Gasteiger partial charge in [-0.3, -0.25) is 0 Å². The van der Waals surface area contributed by atoms with Gasteiger partial charge in [0.25, 0.3) is 0 Å². The van der Waals surface area contributed by atoms with Gasteiger partial charge < -0.3 is 24.3 Å². The van der Waals surface area contributed by atoms with Crippen LogP contribution < -0.4 is 24.3 Å². The van der Waals surface area contributed by atoms with Crippen LogP contribution in [0, 0.1) is 11.3 Å². The van der Waals surface area contributed by atoms with E-state index in [0.717, 1.165) is 11.3 Å². The monoisotopic (exact) mass is 423 g/mol. The fourth-order valence-electron chi connectivity index (χ4n) is 2.74. The van der Waals surface area contributed by atoms with Gasteiger partial charge in [-0.25, -0.2) is 4.98 Å². The Labute approximate surface area is 179 Å². The maximum absolute atomic E-state index is 9.63. The maximum atomic E-state index is 9.63. The Morgan fingerprint density at radius 1 is 0.967 bits per heavy atom. The zero-order valence-electron chi connectivity index (χ0n) is 17.1. The lowest BCUT2D eigenvalue weighted by molar-refractivity contribution is 0.355. The Morgan fingerprint density at radius 2 is 1.70 bits per heavy atom. The molecule has 0 spiro atoms. The van der Waals surface area contributed by atoms with Crippen molar-refractivity contribution in [2.45, 2.75) is 0 Å². The first-order valence-corrected chi connectivity index (χ1v) is 9.78. The Bertz CT molecular complexity index is 1100. The van der Waals surface area contributed by atoms with E-state index in [2.05, 4.69) is 16.4 Å².